The number of nitrogens with one attached hydrogen (secondary N) is 1. The van der Waals surface area contributed by atoms with E-state index in [1.54, 1.807) is 0 Å². The first-order chi connectivity index (χ1) is 10.6. The number of ketones is 2. The summed E-state index contributed by atoms with van der Waals surface area (Å²) in [5, 5.41) is 12.3. The summed E-state index contributed by atoms with van der Waals surface area (Å²) in [6.07, 6.45) is 0. The van der Waals surface area contributed by atoms with Gasteiger partial charge in [-0.25, -0.2) is 4.39 Å². The second-order valence-corrected chi connectivity index (χ2v) is 6.28. The Hall–Kier alpha value is -2.21. The molecule has 1 aliphatic rings. The van der Waals surface area contributed by atoms with Gasteiger partial charge in [-0.1, -0.05) is 11.6 Å². The van der Waals surface area contributed by atoms with E-state index in [-0.39, 0.29) is 28.5 Å². The molecule has 0 aliphatic heterocycles. The summed E-state index contributed by atoms with van der Waals surface area (Å²) in [5.41, 5.74) is -1.33. The zero-order valence-electron chi connectivity index (χ0n) is 12.8. The number of carbonyl (C=O) groups excluding carboxylic acids is 3. The Morgan fingerprint density at radius 2 is 1.96 bits per heavy atom. The quantitative estimate of drug-likeness (QED) is 0.828. The van der Waals surface area contributed by atoms with Crippen molar-refractivity contribution in [2.24, 2.45) is 0 Å². The summed E-state index contributed by atoms with van der Waals surface area (Å²) in [6.45, 7) is 4.05. The topological polar surface area (TPSA) is 83.5 Å². The number of carbonyl (C=O) groups is 3. The summed E-state index contributed by atoms with van der Waals surface area (Å²) in [6, 6.07) is 2.25. The fourth-order valence-corrected chi connectivity index (χ4v) is 2.60. The van der Waals surface area contributed by atoms with Crippen LogP contribution in [0.4, 0.5) is 4.39 Å². The number of hydrogen-bond acceptors (Lipinski definition) is 4. The number of amides is 1. The maximum atomic E-state index is 13.7. The highest BCUT2D eigenvalue weighted by molar-refractivity contribution is 6.32. The standard InChI is InChI=1S/C16H15ClFNO4/c1-7(20)6-19-15(23)12-13(21)8-4-10(17)11(18)5-9(8)16(2,3)14(12)22/h4-5,21H,6H2,1-3H3,(H,19,23). The first kappa shape index (κ1) is 17.1. The van der Waals surface area contributed by atoms with Crippen LogP contribution in [0.5, 0.6) is 0 Å². The van der Waals surface area contributed by atoms with E-state index < -0.39 is 34.3 Å². The van der Waals surface area contributed by atoms with Gasteiger partial charge in [0.2, 0.25) is 0 Å². The van der Waals surface area contributed by atoms with Crippen molar-refractivity contribution in [1.29, 1.82) is 0 Å². The lowest BCUT2D eigenvalue weighted by Crippen LogP contribution is -2.42. The molecule has 122 valence electrons. The van der Waals surface area contributed by atoms with Crippen molar-refractivity contribution in [3.63, 3.8) is 0 Å². The highest BCUT2D eigenvalue weighted by atomic mass is 35.5. The van der Waals surface area contributed by atoms with Crippen LogP contribution in [-0.4, -0.2) is 29.1 Å². The Kier molecular flexibility index (Phi) is 4.30. The van der Waals surface area contributed by atoms with Gasteiger partial charge in [0, 0.05) is 5.56 Å². The van der Waals surface area contributed by atoms with E-state index in [4.69, 9.17) is 11.6 Å². The molecule has 0 unspecified atom stereocenters. The number of hydrogen-bond donors (Lipinski definition) is 2. The maximum Gasteiger partial charge on any atom is 0.259 e. The largest absolute Gasteiger partial charge is 0.506 e. The number of rotatable bonds is 3. The van der Waals surface area contributed by atoms with Crippen LogP contribution in [0.2, 0.25) is 5.02 Å². The zero-order chi connectivity index (χ0) is 17.5. The lowest BCUT2D eigenvalue weighted by atomic mass is 9.71. The minimum absolute atomic E-state index is 0.119. The summed E-state index contributed by atoms with van der Waals surface area (Å²) < 4.78 is 13.7. The van der Waals surface area contributed by atoms with E-state index in [0.717, 1.165) is 6.07 Å². The Morgan fingerprint density at radius 3 is 2.52 bits per heavy atom. The van der Waals surface area contributed by atoms with Crippen molar-refractivity contribution in [2.75, 3.05) is 6.54 Å². The molecule has 0 saturated heterocycles. The minimum atomic E-state index is -1.23. The Balaban J connectivity index is 2.62. The Bertz CT molecular complexity index is 768. The van der Waals surface area contributed by atoms with E-state index in [9.17, 15) is 23.9 Å². The van der Waals surface area contributed by atoms with E-state index in [1.807, 2.05) is 0 Å². The molecule has 5 nitrogen and oxygen atoms in total. The molecule has 23 heavy (non-hydrogen) atoms. The third-order valence-corrected chi connectivity index (χ3v) is 4.04. The van der Waals surface area contributed by atoms with E-state index in [0.29, 0.717) is 0 Å². The number of aliphatic hydroxyl groups is 1. The minimum Gasteiger partial charge on any atom is -0.506 e. The molecule has 2 rings (SSSR count). The molecular formula is C16H15ClFNO4. The third-order valence-electron chi connectivity index (χ3n) is 3.75. The number of halogens is 2. The van der Waals surface area contributed by atoms with Crippen LogP contribution in [0.15, 0.2) is 17.7 Å². The Morgan fingerprint density at radius 1 is 1.35 bits per heavy atom. The van der Waals surface area contributed by atoms with Crippen molar-refractivity contribution >= 4 is 34.8 Å². The zero-order valence-corrected chi connectivity index (χ0v) is 13.5. The molecule has 2 N–H and O–H groups in total. The van der Waals surface area contributed by atoms with Crippen LogP contribution in [0.25, 0.3) is 5.76 Å². The van der Waals surface area contributed by atoms with Crippen LogP contribution >= 0.6 is 11.6 Å². The summed E-state index contributed by atoms with van der Waals surface area (Å²) in [4.78, 5) is 35.7. The number of Topliss-reactive ketones (excluding diaryl/α,β-unsaturated/α-hetero) is 2. The molecule has 0 radical (unpaired) electrons. The maximum absolute atomic E-state index is 13.7. The summed E-state index contributed by atoms with van der Waals surface area (Å²) in [7, 11) is 0. The van der Waals surface area contributed by atoms with Gasteiger partial charge < -0.3 is 10.4 Å². The van der Waals surface area contributed by atoms with Crippen LogP contribution in [0.1, 0.15) is 31.9 Å². The second kappa shape index (κ2) is 5.77. The monoisotopic (exact) mass is 339 g/mol. The predicted octanol–water partition coefficient (Wildman–Crippen LogP) is 2.31. The third kappa shape index (κ3) is 2.86. The Labute approximate surface area is 137 Å². The predicted molar refractivity (Wildman–Crippen MR) is 82.7 cm³/mol. The lowest BCUT2D eigenvalue weighted by Gasteiger charge is -2.32. The first-order valence-corrected chi connectivity index (χ1v) is 7.20. The SMILES string of the molecule is CC(=O)CNC(=O)C1=C(O)c2cc(Cl)c(F)cc2C(C)(C)C1=O. The van der Waals surface area contributed by atoms with Gasteiger partial charge in [0.25, 0.3) is 5.91 Å². The second-order valence-electron chi connectivity index (χ2n) is 5.87. The van der Waals surface area contributed by atoms with Crippen molar-refractivity contribution in [3.8, 4) is 0 Å². The molecule has 0 saturated carbocycles. The average molecular weight is 340 g/mol. The van der Waals surface area contributed by atoms with Crippen LogP contribution in [0.3, 0.4) is 0 Å². The molecule has 7 heteroatoms. The number of aliphatic hydroxyl groups excluding tert-OH is 1. The van der Waals surface area contributed by atoms with Crippen molar-refractivity contribution in [1.82, 2.24) is 5.32 Å². The van der Waals surface area contributed by atoms with Crippen LogP contribution in [-0.2, 0) is 19.8 Å². The number of benzene rings is 1. The molecule has 1 amide bonds. The van der Waals surface area contributed by atoms with Gasteiger partial charge in [-0.3, -0.25) is 14.4 Å². The molecule has 1 aliphatic carbocycles. The van der Waals surface area contributed by atoms with Gasteiger partial charge in [0.05, 0.1) is 17.0 Å². The van der Waals surface area contributed by atoms with Gasteiger partial charge in [0.1, 0.15) is 22.9 Å². The highest BCUT2D eigenvalue weighted by Crippen LogP contribution is 2.41. The molecular weight excluding hydrogens is 325 g/mol. The van der Waals surface area contributed by atoms with Crippen molar-refractivity contribution < 1.29 is 23.9 Å². The molecule has 0 heterocycles. The van der Waals surface area contributed by atoms with Gasteiger partial charge in [-0.05, 0) is 38.5 Å². The van der Waals surface area contributed by atoms with Gasteiger partial charge in [-0.15, -0.1) is 0 Å². The first-order valence-electron chi connectivity index (χ1n) is 6.83. The van der Waals surface area contributed by atoms with E-state index in [1.165, 1.54) is 26.8 Å². The fraction of sp³-hybridized carbons (Fsp3) is 0.312. The normalized spacial score (nSPS) is 16.1. The molecule has 0 bridgehead atoms. The van der Waals surface area contributed by atoms with Gasteiger partial charge in [0.15, 0.2) is 5.78 Å². The average Bonchev–Trinajstić information content (AvgIpc) is 2.45. The van der Waals surface area contributed by atoms with Crippen LogP contribution < -0.4 is 5.32 Å². The van der Waals surface area contributed by atoms with Crippen molar-refractivity contribution in [3.05, 3.63) is 39.7 Å². The smallest absolute Gasteiger partial charge is 0.259 e. The lowest BCUT2D eigenvalue weighted by molar-refractivity contribution is -0.126. The molecule has 0 atom stereocenters. The fourth-order valence-electron chi connectivity index (χ4n) is 2.44. The molecule has 0 fully saturated rings. The van der Waals surface area contributed by atoms with Crippen LogP contribution in [0, 0.1) is 5.82 Å². The van der Waals surface area contributed by atoms with Gasteiger partial charge in [-0.2, -0.15) is 0 Å². The summed E-state index contributed by atoms with van der Waals surface area (Å²) >= 11 is 5.73. The van der Waals surface area contributed by atoms with E-state index in [2.05, 4.69) is 5.32 Å². The molecule has 0 aromatic heterocycles. The summed E-state index contributed by atoms with van der Waals surface area (Å²) in [5.74, 6) is -3.12. The van der Waals surface area contributed by atoms with Gasteiger partial charge >= 0.3 is 0 Å². The van der Waals surface area contributed by atoms with E-state index >= 15 is 0 Å². The highest BCUT2D eigenvalue weighted by Gasteiger charge is 2.43. The molecule has 1 aromatic carbocycles. The molecule has 1 aromatic rings. The van der Waals surface area contributed by atoms with Crippen molar-refractivity contribution in [2.45, 2.75) is 26.2 Å². The molecule has 0 spiro atoms. The number of fused-ring (bicyclic) bond motifs is 1.